The standard InChI is InChI=1S/C12H16ClN3O4S/c1-20-11-3-2-8(6-9(11)13)21(18,19)16-5-4-15-7-10(16)12(14)17/h2-3,6,10,15H,4-5,7H2,1H3,(H2,14,17). The summed E-state index contributed by atoms with van der Waals surface area (Å²) < 4.78 is 31.4. The number of primary amides is 1. The van der Waals surface area contributed by atoms with Crippen LogP contribution >= 0.6 is 11.6 Å². The maximum Gasteiger partial charge on any atom is 0.243 e. The highest BCUT2D eigenvalue weighted by Gasteiger charge is 2.36. The van der Waals surface area contributed by atoms with Gasteiger partial charge in [0.1, 0.15) is 11.8 Å². The van der Waals surface area contributed by atoms with Gasteiger partial charge in [0.05, 0.1) is 17.0 Å². The van der Waals surface area contributed by atoms with Gasteiger partial charge in [-0.3, -0.25) is 4.79 Å². The van der Waals surface area contributed by atoms with Crippen molar-refractivity contribution in [2.24, 2.45) is 5.73 Å². The number of ether oxygens (including phenoxy) is 1. The maximum absolute atomic E-state index is 12.6. The number of hydrogen-bond acceptors (Lipinski definition) is 5. The van der Waals surface area contributed by atoms with Gasteiger partial charge in [0.25, 0.3) is 0 Å². The normalized spacial score (nSPS) is 20.2. The molecular weight excluding hydrogens is 318 g/mol. The average Bonchev–Trinajstić information content (AvgIpc) is 2.47. The zero-order chi connectivity index (χ0) is 15.6. The van der Waals surface area contributed by atoms with Gasteiger partial charge in [0, 0.05) is 19.6 Å². The molecule has 1 aliphatic rings. The Morgan fingerprint density at radius 3 is 2.81 bits per heavy atom. The fourth-order valence-corrected chi connectivity index (χ4v) is 4.10. The third kappa shape index (κ3) is 3.13. The van der Waals surface area contributed by atoms with Gasteiger partial charge in [-0.1, -0.05) is 11.6 Å². The van der Waals surface area contributed by atoms with E-state index in [1.54, 1.807) is 0 Å². The van der Waals surface area contributed by atoms with Crippen LogP contribution in [-0.4, -0.2) is 51.4 Å². The fraction of sp³-hybridized carbons (Fsp3) is 0.417. The first kappa shape index (κ1) is 16.0. The van der Waals surface area contributed by atoms with Crippen LogP contribution in [0.1, 0.15) is 0 Å². The summed E-state index contributed by atoms with van der Waals surface area (Å²) in [7, 11) is -2.41. The second-order valence-corrected chi connectivity index (χ2v) is 6.83. The predicted octanol–water partition coefficient (Wildman–Crippen LogP) is -0.204. The van der Waals surface area contributed by atoms with E-state index < -0.39 is 22.0 Å². The number of piperazine rings is 1. The Bertz CT molecular complexity index is 650. The SMILES string of the molecule is COc1ccc(S(=O)(=O)N2CCNCC2C(N)=O)cc1Cl. The molecule has 1 aliphatic heterocycles. The molecule has 7 nitrogen and oxygen atoms in total. The highest BCUT2D eigenvalue weighted by molar-refractivity contribution is 7.89. The number of methoxy groups -OCH3 is 1. The molecule has 116 valence electrons. The molecular formula is C12H16ClN3O4S. The zero-order valence-electron chi connectivity index (χ0n) is 11.4. The van der Waals surface area contributed by atoms with E-state index in [0.717, 1.165) is 4.31 Å². The van der Waals surface area contributed by atoms with Crippen LogP contribution in [0.3, 0.4) is 0 Å². The van der Waals surface area contributed by atoms with Crippen molar-refractivity contribution in [2.45, 2.75) is 10.9 Å². The molecule has 0 saturated carbocycles. The van der Waals surface area contributed by atoms with E-state index in [1.807, 2.05) is 0 Å². The summed E-state index contributed by atoms with van der Waals surface area (Å²) in [6, 6.07) is 3.25. The monoisotopic (exact) mass is 333 g/mol. The molecule has 1 saturated heterocycles. The summed E-state index contributed by atoms with van der Waals surface area (Å²) in [6.45, 7) is 0.810. The molecule has 0 radical (unpaired) electrons. The quantitative estimate of drug-likeness (QED) is 0.794. The minimum atomic E-state index is -3.85. The Labute approximate surface area is 128 Å². The number of nitrogens with one attached hydrogen (secondary N) is 1. The predicted molar refractivity (Wildman–Crippen MR) is 77.7 cm³/mol. The summed E-state index contributed by atoms with van der Waals surface area (Å²) in [5, 5.41) is 3.13. The van der Waals surface area contributed by atoms with Crippen LogP contribution in [0.5, 0.6) is 5.75 Å². The smallest absolute Gasteiger partial charge is 0.243 e. The lowest BCUT2D eigenvalue weighted by Crippen LogP contribution is -2.58. The third-order valence-electron chi connectivity index (χ3n) is 3.25. The van der Waals surface area contributed by atoms with Gasteiger partial charge in [0.2, 0.25) is 15.9 Å². The fourth-order valence-electron chi connectivity index (χ4n) is 2.16. The van der Waals surface area contributed by atoms with Crippen molar-refractivity contribution in [3.63, 3.8) is 0 Å². The molecule has 1 aromatic carbocycles. The average molecular weight is 334 g/mol. The number of carbonyl (C=O) groups is 1. The second kappa shape index (κ2) is 6.18. The third-order valence-corrected chi connectivity index (χ3v) is 5.45. The van der Waals surface area contributed by atoms with Gasteiger partial charge < -0.3 is 15.8 Å². The molecule has 1 fully saturated rings. The number of hydrogen-bond donors (Lipinski definition) is 2. The number of amides is 1. The molecule has 21 heavy (non-hydrogen) atoms. The Morgan fingerprint density at radius 1 is 1.52 bits per heavy atom. The lowest BCUT2D eigenvalue weighted by atomic mass is 10.2. The summed E-state index contributed by atoms with van der Waals surface area (Å²) in [5.41, 5.74) is 5.28. The van der Waals surface area contributed by atoms with E-state index in [4.69, 9.17) is 22.1 Å². The number of nitrogens with two attached hydrogens (primary N) is 1. The highest BCUT2D eigenvalue weighted by Crippen LogP contribution is 2.29. The first-order valence-electron chi connectivity index (χ1n) is 6.23. The molecule has 0 bridgehead atoms. The van der Waals surface area contributed by atoms with Crippen molar-refractivity contribution in [3.8, 4) is 5.75 Å². The summed E-state index contributed by atoms with van der Waals surface area (Å²) in [6.07, 6.45) is 0. The molecule has 1 aromatic rings. The van der Waals surface area contributed by atoms with Crippen LogP contribution in [-0.2, 0) is 14.8 Å². The van der Waals surface area contributed by atoms with Gasteiger partial charge >= 0.3 is 0 Å². The molecule has 1 unspecified atom stereocenters. The molecule has 0 aliphatic carbocycles. The molecule has 0 aromatic heterocycles. The molecule has 3 N–H and O–H groups in total. The number of sulfonamides is 1. The van der Waals surface area contributed by atoms with Crippen molar-refractivity contribution in [1.29, 1.82) is 0 Å². The van der Waals surface area contributed by atoms with Crippen molar-refractivity contribution in [1.82, 2.24) is 9.62 Å². The van der Waals surface area contributed by atoms with Crippen LogP contribution in [0, 0.1) is 0 Å². The second-order valence-electron chi connectivity index (χ2n) is 4.53. The number of rotatable bonds is 4. The summed E-state index contributed by atoms with van der Waals surface area (Å²) in [5.74, 6) is -0.312. The van der Waals surface area contributed by atoms with Crippen LogP contribution < -0.4 is 15.8 Å². The number of halogens is 1. The Hall–Kier alpha value is -1.35. The minimum absolute atomic E-state index is 0.00134. The minimum Gasteiger partial charge on any atom is -0.495 e. The number of benzene rings is 1. The van der Waals surface area contributed by atoms with E-state index in [9.17, 15) is 13.2 Å². The van der Waals surface area contributed by atoms with Gasteiger partial charge in [-0.15, -0.1) is 0 Å². The highest BCUT2D eigenvalue weighted by atomic mass is 35.5. The van der Waals surface area contributed by atoms with Crippen LogP contribution in [0.15, 0.2) is 23.1 Å². The van der Waals surface area contributed by atoms with E-state index >= 15 is 0 Å². The lowest BCUT2D eigenvalue weighted by Gasteiger charge is -2.33. The van der Waals surface area contributed by atoms with Crippen LogP contribution in [0.2, 0.25) is 5.02 Å². The van der Waals surface area contributed by atoms with Gasteiger partial charge in [-0.25, -0.2) is 8.42 Å². The molecule has 9 heteroatoms. The van der Waals surface area contributed by atoms with Gasteiger partial charge in [-0.2, -0.15) is 4.31 Å². The van der Waals surface area contributed by atoms with Crippen molar-refractivity contribution >= 4 is 27.5 Å². The first-order chi connectivity index (χ1) is 9.87. The van der Waals surface area contributed by atoms with E-state index in [2.05, 4.69) is 5.32 Å². The molecule has 1 heterocycles. The van der Waals surface area contributed by atoms with Gasteiger partial charge in [-0.05, 0) is 18.2 Å². The van der Waals surface area contributed by atoms with Crippen molar-refractivity contribution < 1.29 is 17.9 Å². The number of carbonyl (C=O) groups excluding carboxylic acids is 1. The van der Waals surface area contributed by atoms with Crippen molar-refractivity contribution in [3.05, 3.63) is 23.2 Å². The molecule has 1 atom stereocenters. The summed E-state index contributed by atoms with van der Waals surface area (Å²) >= 11 is 5.96. The Kier molecular flexibility index (Phi) is 4.72. The van der Waals surface area contributed by atoms with E-state index in [1.165, 1.54) is 25.3 Å². The van der Waals surface area contributed by atoms with E-state index in [-0.39, 0.29) is 23.0 Å². The Balaban J connectivity index is 2.40. The topological polar surface area (TPSA) is 102 Å². The zero-order valence-corrected chi connectivity index (χ0v) is 12.9. The van der Waals surface area contributed by atoms with E-state index in [0.29, 0.717) is 12.3 Å². The summed E-state index contributed by atoms with van der Waals surface area (Å²) in [4.78, 5) is 11.4. The maximum atomic E-state index is 12.6. The first-order valence-corrected chi connectivity index (χ1v) is 8.05. The number of nitrogens with zero attached hydrogens (tertiary/aromatic N) is 1. The molecule has 1 amide bonds. The van der Waals surface area contributed by atoms with Gasteiger partial charge in [0.15, 0.2) is 0 Å². The van der Waals surface area contributed by atoms with Crippen LogP contribution in [0.25, 0.3) is 0 Å². The molecule has 0 spiro atoms. The van der Waals surface area contributed by atoms with Crippen LogP contribution in [0.4, 0.5) is 0 Å². The lowest BCUT2D eigenvalue weighted by molar-refractivity contribution is -0.122. The molecule has 2 rings (SSSR count). The largest absolute Gasteiger partial charge is 0.495 e. The Morgan fingerprint density at radius 2 is 2.24 bits per heavy atom. The van der Waals surface area contributed by atoms with Crippen molar-refractivity contribution in [2.75, 3.05) is 26.7 Å².